The number of carbonyl (C=O) groups excluding carboxylic acids is 3. The summed E-state index contributed by atoms with van der Waals surface area (Å²) < 4.78 is 61.7. The van der Waals surface area contributed by atoms with Gasteiger partial charge in [0.15, 0.2) is 17.7 Å². The average molecular weight is 884 g/mol. The second-order valence-corrected chi connectivity index (χ2v) is 16.9. The number of phosphoric ester groups is 3. The van der Waals surface area contributed by atoms with Crippen molar-refractivity contribution in [2.24, 2.45) is 5.41 Å². The van der Waals surface area contributed by atoms with E-state index in [1.54, 1.807) is 6.92 Å². The lowest BCUT2D eigenvalue weighted by Gasteiger charge is -2.30. The number of aliphatic carboxylic acids is 1. The SMILES string of the molecule is CC(C)(COP(=O)(O)OP(=O)(O)OC[C@H]1O[C@@H](n2cnc3c(N)ncnc32)[C@H](O)[C@@H]1OP(=O)(O)O)[C@@H](O)C(=O)NCCC(=O)NCCS.CCC(=O)CC(=O)O. The molecule has 2 unspecified atom stereocenters. The minimum absolute atomic E-state index is 0.0363. The van der Waals surface area contributed by atoms with E-state index in [9.17, 15) is 62.7 Å². The second kappa shape index (κ2) is 21.2. The molecule has 26 nitrogen and oxygen atoms in total. The van der Waals surface area contributed by atoms with Gasteiger partial charge in [0.1, 0.15) is 48.5 Å². The van der Waals surface area contributed by atoms with Crippen LogP contribution in [0.5, 0.6) is 0 Å². The number of carbonyl (C=O) groups is 4. The number of nitrogen functional groups attached to an aromatic ring is 1. The van der Waals surface area contributed by atoms with Crippen LogP contribution in [0.4, 0.5) is 5.82 Å². The monoisotopic (exact) mass is 883 g/mol. The summed E-state index contributed by atoms with van der Waals surface area (Å²) in [7, 11) is -16.3. The van der Waals surface area contributed by atoms with Crippen molar-refractivity contribution in [2.45, 2.75) is 70.7 Å². The van der Waals surface area contributed by atoms with Crippen molar-refractivity contribution in [3.8, 4) is 0 Å². The molecular formula is C26H44N7O19P3S. The fourth-order valence-corrected chi connectivity index (χ4v) is 7.37. The van der Waals surface area contributed by atoms with E-state index in [0.29, 0.717) is 18.7 Å². The number of aliphatic hydroxyl groups excluding tert-OH is 2. The highest BCUT2D eigenvalue weighted by Gasteiger charge is 2.50. The van der Waals surface area contributed by atoms with Crippen molar-refractivity contribution in [1.82, 2.24) is 30.2 Å². The average Bonchev–Trinajstić information content (AvgIpc) is 3.65. The van der Waals surface area contributed by atoms with E-state index in [-0.39, 0.29) is 48.1 Å². The summed E-state index contributed by atoms with van der Waals surface area (Å²) in [6.07, 6.45) is -6.76. The van der Waals surface area contributed by atoms with E-state index in [4.69, 9.17) is 24.6 Å². The van der Waals surface area contributed by atoms with E-state index in [1.807, 2.05) is 0 Å². The van der Waals surface area contributed by atoms with E-state index in [1.165, 1.54) is 13.8 Å². The zero-order chi connectivity index (χ0) is 42.6. The Bertz CT molecular complexity index is 1830. The number of hydrogen-bond acceptors (Lipinski definition) is 19. The van der Waals surface area contributed by atoms with Gasteiger partial charge in [0.05, 0.1) is 19.5 Å². The molecule has 56 heavy (non-hydrogen) atoms. The molecule has 2 aromatic rings. The second-order valence-electron chi connectivity index (χ2n) is 12.3. The molecule has 11 N–H and O–H groups in total. The zero-order valence-electron chi connectivity index (χ0n) is 29.9. The van der Waals surface area contributed by atoms with Gasteiger partial charge < -0.3 is 56.0 Å². The number of thiol groups is 1. The number of aliphatic hydroxyl groups is 2. The summed E-state index contributed by atoms with van der Waals surface area (Å²) in [6, 6.07) is 0. The molecule has 1 aliphatic heterocycles. The first-order chi connectivity index (χ1) is 25.8. The zero-order valence-corrected chi connectivity index (χ0v) is 33.5. The van der Waals surface area contributed by atoms with E-state index >= 15 is 0 Å². The Kier molecular flexibility index (Phi) is 18.6. The van der Waals surface area contributed by atoms with Crippen molar-refractivity contribution in [3.05, 3.63) is 12.7 Å². The Morgan fingerprint density at radius 2 is 1.70 bits per heavy atom. The number of aromatic nitrogens is 4. The number of carboxylic acid groups (broad SMARTS) is 1. The maximum absolute atomic E-state index is 12.6. The number of rotatable bonds is 21. The molecule has 0 saturated carbocycles. The summed E-state index contributed by atoms with van der Waals surface area (Å²) >= 11 is 3.95. The molecule has 1 saturated heterocycles. The highest BCUT2D eigenvalue weighted by molar-refractivity contribution is 7.80. The summed E-state index contributed by atoms with van der Waals surface area (Å²) in [6.45, 7) is 2.37. The van der Waals surface area contributed by atoms with Crippen LogP contribution in [0, 0.1) is 5.41 Å². The normalized spacial score (nSPS) is 21.2. The minimum atomic E-state index is -5.54. The highest BCUT2D eigenvalue weighted by Crippen LogP contribution is 2.61. The largest absolute Gasteiger partial charge is 0.481 e. The molecule has 0 aliphatic carbocycles. The first-order valence-electron chi connectivity index (χ1n) is 16.1. The molecule has 318 valence electrons. The number of hydrogen-bond donors (Lipinski definition) is 11. The lowest BCUT2D eigenvalue weighted by molar-refractivity contribution is -0.140. The third-order valence-electron chi connectivity index (χ3n) is 7.25. The Morgan fingerprint density at radius 1 is 1.05 bits per heavy atom. The van der Waals surface area contributed by atoms with Crippen LogP contribution < -0.4 is 16.4 Å². The molecule has 3 rings (SSSR count). The smallest absolute Gasteiger partial charge is 0.481 e. The first-order valence-corrected chi connectivity index (χ1v) is 21.2. The fourth-order valence-electron chi connectivity index (χ4n) is 4.43. The van der Waals surface area contributed by atoms with Crippen LogP contribution in [0.15, 0.2) is 12.7 Å². The molecule has 1 aliphatic rings. The number of fused-ring (bicyclic) bond motifs is 1. The topological polar surface area (TPSA) is 401 Å². The number of Topliss-reactive ketones (excluding diaryl/α,β-unsaturated/α-hetero) is 1. The molecule has 0 aromatic carbocycles. The summed E-state index contributed by atoms with van der Waals surface area (Å²) in [4.78, 5) is 94.6. The molecule has 2 amide bonds. The van der Waals surface area contributed by atoms with Crippen LogP contribution in [0.25, 0.3) is 11.2 Å². The molecular weight excluding hydrogens is 839 g/mol. The Hall–Kier alpha value is -2.97. The fraction of sp³-hybridized carbons (Fsp3) is 0.654. The maximum atomic E-state index is 12.6. The van der Waals surface area contributed by atoms with Gasteiger partial charge in [0.25, 0.3) is 0 Å². The number of nitrogens with two attached hydrogens (primary N) is 1. The number of imidazole rings is 1. The molecule has 1 fully saturated rings. The molecule has 2 aromatic heterocycles. The number of nitrogens with one attached hydrogen (secondary N) is 2. The van der Waals surface area contributed by atoms with Gasteiger partial charge in [-0.3, -0.25) is 37.3 Å². The predicted molar refractivity (Wildman–Crippen MR) is 191 cm³/mol. The van der Waals surface area contributed by atoms with Crippen LogP contribution >= 0.6 is 36.1 Å². The Morgan fingerprint density at radius 3 is 2.27 bits per heavy atom. The lowest BCUT2D eigenvalue weighted by Crippen LogP contribution is -2.46. The van der Waals surface area contributed by atoms with E-state index in [2.05, 4.69) is 47.0 Å². The molecule has 7 atom stereocenters. The van der Waals surface area contributed by atoms with Crippen molar-refractivity contribution in [2.75, 3.05) is 37.8 Å². The number of ketones is 1. The van der Waals surface area contributed by atoms with Gasteiger partial charge in [0.2, 0.25) is 11.8 Å². The van der Waals surface area contributed by atoms with Crippen LogP contribution in [0.2, 0.25) is 0 Å². The van der Waals surface area contributed by atoms with E-state index in [0.717, 1.165) is 17.2 Å². The van der Waals surface area contributed by atoms with E-state index < -0.39 is 84.6 Å². The first kappa shape index (κ1) is 49.2. The van der Waals surface area contributed by atoms with Gasteiger partial charge in [-0.05, 0) is 0 Å². The van der Waals surface area contributed by atoms with Crippen LogP contribution in [-0.2, 0) is 55.5 Å². The van der Waals surface area contributed by atoms with Crippen LogP contribution in [0.3, 0.4) is 0 Å². The summed E-state index contributed by atoms with van der Waals surface area (Å²) in [5.41, 5.74) is 4.30. The number of carboxylic acids is 1. The van der Waals surface area contributed by atoms with Crippen molar-refractivity contribution >= 4 is 76.6 Å². The Labute approximate surface area is 323 Å². The van der Waals surface area contributed by atoms with Crippen LogP contribution in [0.1, 0.15) is 46.3 Å². The predicted octanol–water partition coefficient (Wildman–Crippen LogP) is -1.23. The number of phosphoric acid groups is 3. The highest BCUT2D eigenvalue weighted by atomic mass is 32.1. The molecule has 0 bridgehead atoms. The minimum Gasteiger partial charge on any atom is -0.481 e. The summed E-state index contributed by atoms with van der Waals surface area (Å²) in [5.74, 6) is -2.21. The standard InChI is InChI=1S/C21H36N7O16P3S.C5H8O3/c1-21(2,16(31)19(32)24-4-3-12(29)23-5-6-48)8-41-47(38,39)44-46(36,37)40-7-11-15(43-45(33,34)35)14(30)20(42-11)28-10-27-13-17(22)25-9-26-18(13)28;1-2-4(6)3-5(7)8/h9-11,14-16,20,30-31,48H,3-8H2,1-2H3,(H,23,29)(H,24,32)(H,36,37)(H,38,39)(H2,22,25,26)(H2,33,34,35);2-3H2,1H3,(H,7,8)/t11-,14-,15-,16+,20-;/m1./s1. The van der Waals surface area contributed by atoms with Gasteiger partial charge in [-0.2, -0.15) is 16.9 Å². The van der Waals surface area contributed by atoms with Gasteiger partial charge in [-0.15, -0.1) is 0 Å². The molecule has 3 heterocycles. The van der Waals surface area contributed by atoms with Crippen molar-refractivity contribution < 1.29 is 90.4 Å². The van der Waals surface area contributed by atoms with Crippen LogP contribution in [-0.4, -0.2) is 134 Å². The van der Waals surface area contributed by atoms with Crippen molar-refractivity contribution in [3.63, 3.8) is 0 Å². The summed E-state index contributed by atoms with van der Waals surface area (Å²) in [5, 5.41) is 34.1. The van der Waals surface area contributed by atoms with Gasteiger partial charge in [-0.1, -0.05) is 20.8 Å². The number of nitrogens with zero attached hydrogens (tertiary/aromatic N) is 4. The third kappa shape index (κ3) is 15.8. The van der Waals surface area contributed by atoms with Gasteiger partial charge >= 0.3 is 29.4 Å². The lowest BCUT2D eigenvalue weighted by atomic mass is 9.87. The quantitative estimate of drug-likeness (QED) is 0.0397. The number of amides is 2. The number of anilines is 1. The molecule has 0 spiro atoms. The van der Waals surface area contributed by atoms with Gasteiger partial charge in [0, 0.05) is 37.1 Å². The Balaban J connectivity index is 0.00000122. The maximum Gasteiger partial charge on any atom is 0.481 e. The van der Waals surface area contributed by atoms with Crippen molar-refractivity contribution in [1.29, 1.82) is 0 Å². The molecule has 0 radical (unpaired) electrons. The third-order valence-corrected chi connectivity index (χ3v) is 10.6. The number of ether oxygens (including phenoxy) is 1. The van der Waals surface area contributed by atoms with Gasteiger partial charge in [-0.25, -0.2) is 28.6 Å². The molecule has 30 heteroatoms.